The fraction of sp³-hybridized carbons (Fsp3) is 0.600. The van der Waals surface area contributed by atoms with E-state index in [4.69, 9.17) is 16.6 Å². The first-order chi connectivity index (χ1) is 4.42. The Morgan fingerprint density at radius 3 is 2.10 bits per heavy atom. The van der Waals surface area contributed by atoms with Crippen molar-refractivity contribution in [1.82, 2.24) is 0 Å². The van der Waals surface area contributed by atoms with Crippen LogP contribution >= 0.6 is 0 Å². The quantitative estimate of drug-likeness (QED) is 0.412. The van der Waals surface area contributed by atoms with Crippen molar-refractivity contribution in [2.45, 2.75) is 12.5 Å². The first-order valence-electron chi connectivity index (χ1n) is 2.68. The Labute approximate surface area is 58.0 Å². The van der Waals surface area contributed by atoms with E-state index in [1.165, 1.54) is 0 Å². The van der Waals surface area contributed by atoms with E-state index in [-0.39, 0.29) is 6.54 Å². The molecule has 0 spiro atoms. The molecule has 0 radical (unpaired) electrons. The van der Waals surface area contributed by atoms with Crippen LogP contribution in [0.4, 0.5) is 0 Å². The summed E-state index contributed by atoms with van der Waals surface area (Å²) in [5.41, 5.74) is 8.15. The lowest BCUT2D eigenvalue weighted by atomic mass is 9.98. The monoisotopic (exact) mass is 146 g/mol. The highest BCUT2D eigenvalue weighted by atomic mass is 16.4. The van der Waals surface area contributed by atoms with Crippen molar-refractivity contribution in [1.29, 1.82) is 0 Å². The van der Waals surface area contributed by atoms with Crippen molar-refractivity contribution >= 4 is 11.8 Å². The average molecular weight is 146 g/mol. The zero-order chi connectivity index (χ0) is 8.36. The largest absolute Gasteiger partial charge is 0.480 e. The molecule has 1 atom stereocenters. The second-order valence-corrected chi connectivity index (χ2v) is 2.13. The zero-order valence-corrected chi connectivity index (χ0v) is 5.63. The molecular formula is C5H10N2O3. The fourth-order valence-corrected chi connectivity index (χ4v) is 0.331. The molecule has 58 valence electrons. The topological polar surface area (TPSA) is 106 Å². The SMILES string of the molecule is CC(N)(C(=O)O)C(=O)CN. The normalized spacial score (nSPS) is 15.9. The first kappa shape index (κ1) is 9.06. The molecule has 0 fully saturated rings. The van der Waals surface area contributed by atoms with Gasteiger partial charge in [0.15, 0.2) is 11.3 Å². The molecule has 0 rings (SSSR count). The van der Waals surface area contributed by atoms with Crippen LogP contribution in [0.2, 0.25) is 0 Å². The molecule has 0 aromatic carbocycles. The number of hydrogen-bond donors (Lipinski definition) is 3. The Bertz CT molecular complexity index is 164. The number of carbonyl (C=O) groups is 2. The molecule has 1 unspecified atom stereocenters. The third-order valence-corrected chi connectivity index (χ3v) is 1.21. The maximum absolute atomic E-state index is 10.6. The van der Waals surface area contributed by atoms with Gasteiger partial charge in [-0.15, -0.1) is 0 Å². The minimum absolute atomic E-state index is 0.348. The van der Waals surface area contributed by atoms with Crippen LogP contribution < -0.4 is 11.5 Å². The van der Waals surface area contributed by atoms with Crippen LogP contribution in [0.3, 0.4) is 0 Å². The summed E-state index contributed by atoms with van der Waals surface area (Å²) in [6.07, 6.45) is 0. The second-order valence-electron chi connectivity index (χ2n) is 2.13. The Hall–Kier alpha value is -0.940. The molecule has 0 aliphatic rings. The molecular weight excluding hydrogens is 136 g/mol. The van der Waals surface area contributed by atoms with Gasteiger partial charge in [0, 0.05) is 0 Å². The summed E-state index contributed by atoms with van der Waals surface area (Å²) in [4.78, 5) is 20.9. The maximum atomic E-state index is 10.6. The van der Waals surface area contributed by atoms with E-state index in [1.807, 2.05) is 0 Å². The van der Waals surface area contributed by atoms with Gasteiger partial charge in [-0.2, -0.15) is 0 Å². The van der Waals surface area contributed by atoms with Crippen molar-refractivity contribution in [2.75, 3.05) is 6.54 Å². The highest BCUT2D eigenvalue weighted by molar-refractivity contribution is 6.07. The lowest BCUT2D eigenvalue weighted by Gasteiger charge is -2.15. The predicted octanol–water partition coefficient (Wildman–Crippen LogP) is -1.68. The molecule has 5 heteroatoms. The van der Waals surface area contributed by atoms with Gasteiger partial charge in [0.1, 0.15) is 0 Å². The van der Waals surface area contributed by atoms with Gasteiger partial charge in [-0.3, -0.25) is 4.79 Å². The summed E-state index contributed by atoms with van der Waals surface area (Å²) in [6.45, 7) is 0.768. The van der Waals surface area contributed by atoms with Gasteiger partial charge in [-0.05, 0) is 6.92 Å². The number of Topliss-reactive ketones (excluding diaryl/α,β-unsaturated/α-hetero) is 1. The van der Waals surface area contributed by atoms with Crippen LogP contribution in [0, 0.1) is 0 Å². The number of hydrogen-bond acceptors (Lipinski definition) is 4. The number of carboxylic acids is 1. The lowest BCUT2D eigenvalue weighted by molar-refractivity contribution is -0.147. The van der Waals surface area contributed by atoms with E-state index in [0.717, 1.165) is 6.92 Å². The third kappa shape index (κ3) is 1.52. The number of rotatable bonds is 3. The molecule has 0 aromatic rings. The van der Waals surface area contributed by atoms with Crippen molar-refractivity contribution in [3.63, 3.8) is 0 Å². The van der Waals surface area contributed by atoms with Crippen LogP contribution in [0.15, 0.2) is 0 Å². The van der Waals surface area contributed by atoms with Gasteiger partial charge in [-0.1, -0.05) is 0 Å². The van der Waals surface area contributed by atoms with E-state index in [2.05, 4.69) is 0 Å². The van der Waals surface area contributed by atoms with Gasteiger partial charge in [0.25, 0.3) is 0 Å². The van der Waals surface area contributed by atoms with Gasteiger partial charge < -0.3 is 16.6 Å². The molecule has 10 heavy (non-hydrogen) atoms. The van der Waals surface area contributed by atoms with Crippen LogP contribution in [-0.4, -0.2) is 28.9 Å². The van der Waals surface area contributed by atoms with E-state index in [0.29, 0.717) is 0 Å². The molecule has 0 heterocycles. The number of carbonyl (C=O) groups excluding carboxylic acids is 1. The Kier molecular flexibility index (Phi) is 2.50. The van der Waals surface area contributed by atoms with Gasteiger partial charge >= 0.3 is 5.97 Å². The average Bonchev–Trinajstić information content (AvgIpc) is 1.86. The maximum Gasteiger partial charge on any atom is 0.331 e. The van der Waals surface area contributed by atoms with E-state index < -0.39 is 17.3 Å². The molecule has 5 N–H and O–H groups in total. The summed E-state index contributed by atoms with van der Waals surface area (Å²) in [6, 6.07) is 0. The highest BCUT2D eigenvalue weighted by Gasteiger charge is 2.35. The number of carboxylic acid groups (broad SMARTS) is 1. The third-order valence-electron chi connectivity index (χ3n) is 1.21. The van der Waals surface area contributed by atoms with Crippen molar-refractivity contribution in [3.05, 3.63) is 0 Å². The Morgan fingerprint density at radius 2 is 2.00 bits per heavy atom. The Morgan fingerprint density at radius 1 is 1.60 bits per heavy atom. The first-order valence-corrected chi connectivity index (χ1v) is 2.68. The van der Waals surface area contributed by atoms with E-state index >= 15 is 0 Å². The highest BCUT2D eigenvalue weighted by Crippen LogP contribution is 1.98. The molecule has 0 saturated heterocycles. The van der Waals surface area contributed by atoms with Crippen LogP contribution in [-0.2, 0) is 9.59 Å². The standard InChI is InChI=1S/C5H10N2O3/c1-5(7,4(9)10)3(8)2-6/h2,6-7H2,1H3,(H,9,10). The summed E-state index contributed by atoms with van der Waals surface area (Å²) >= 11 is 0. The van der Waals surface area contributed by atoms with Crippen LogP contribution in [0.25, 0.3) is 0 Å². The Balaban J connectivity index is 4.40. The zero-order valence-electron chi connectivity index (χ0n) is 5.63. The molecule has 0 aliphatic carbocycles. The smallest absolute Gasteiger partial charge is 0.331 e. The van der Waals surface area contributed by atoms with E-state index in [1.54, 1.807) is 0 Å². The van der Waals surface area contributed by atoms with Crippen molar-refractivity contribution in [3.8, 4) is 0 Å². The number of nitrogens with two attached hydrogens (primary N) is 2. The summed E-state index contributed by atoms with van der Waals surface area (Å²) in [7, 11) is 0. The minimum atomic E-state index is -1.84. The molecule has 0 aliphatic heterocycles. The van der Waals surface area contributed by atoms with Crippen molar-refractivity contribution in [2.24, 2.45) is 11.5 Å². The number of ketones is 1. The minimum Gasteiger partial charge on any atom is -0.480 e. The second kappa shape index (κ2) is 2.76. The van der Waals surface area contributed by atoms with E-state index in [9.17, 15) is 9.59 Å². The molecule has 0 saturated carbocycles. The fourth-order valence-electron chi connectivity index (χ4n) is 0.331. The predicted molar refractivity (Wildman–Crippen MR) is 34.3 cm³/mol. The molecule has 0 aromatic heterocycles. The van der Waals surface area contributed by atoms with Gasteiger partial charge in [0.05, 0.1) is 6.54 Å². The van der Waals surface area contributed by atoms with Crippen LogP contribution in [0.5, 0.6) is 0 Å². The summed E-state index contributed by atoms with van der Waals surface area (Å²) in [5, 5.41) is 8.34. The molecule has 0 bridgehead atoms. The van der Waals surface area contributed by atoms with Gasteiger partial charge in [0.2, 0.25) is 0 Å². The summed E-state index contributed by atoms with van der Waals surface area (Å²) in [5.74, 6) is -2.04. The number of aliphatic carboxylic acids is 1. The lowest BCUT2D eigenvalue weighted by Crippen LogP contribution is -2.54. The van der Waals surface area contributed by atoms with Gasteiger partial charge in [-0.25, -0.2) is 4.79 Å². The molecule has 0 amide bonds. The van der Waals surface area contributed by atoms with Crippen LogP contribution in [0.1, 0.15) is 6.92 Å². The van der Waals surface area contributed by atoms with Crippen molar-refractivity contribution < 1.29 is 14.7 Å². The molecule has 5 nitrogen and oxygen atoms in total. The summed E-state index contributed by atoms with van der Waals surface area (Å²) < 4.78 is 0.